The van der Waals surface area contributed by atoms with Gasteiger partial charge in [0.2, 0.25) is 0 Å². The molecule has 1 aromatic carbocycles. The summed E-state index contributed by atoms with van der Waals surface area (Å²) in [4.78, 5) is 12.0. The number of carbonyl (C=O) groups is 1. The van der Waals surface area contributed by atoms with Gasteiger partial charge >= 0.3 is 0 Å². The van der Waals surface area contributed by atoms with Crippen LogP contribution in [-0.4, -0.2) is 25.6 Å². The first-order chi connectivity index (χ1) is 7.56. The summed E-state index contributed by atoms with van der Waals surface area (Å²) in [5, 5.41) is 0. The van der Waals surface area contributed by atoms with Gasteiger partial charge in [0, 0.05) is 5.56 Å². The largest absolute Gasteiger partial charge is 0.496 e. The number of benzene rings is 1. The van der Waals surface area contributed by atoms with Crippen molar-refractivity contribution in [3.63, 3.8) is 0 Å². The number of epoxide rings is 1. The summed E-state index contributed by atoms with van der Waals surface area (Å²) in [6.07, 6.45) is -0.217. The molecule has 1 aromatic rings. The van der Waals surface area contributed by atoms with Crippen molar-refractivity contribution >= 4 is 5.78 Å². The highest BCUT2D eigenvalue weighted by Crippen LogP contribution is 2.30. The molecular formula is C13H16O3. The van der Waals surface area contributed by atoms with Gasteiger partial charge in [-0.2, -0.15) is 0 Å². The molecule has 1 saturated heterocycles. The van der Waals surface area contributed by atoms with Gasteiger partial charge in [0.15, 0.2) is 5.78 Å². The van der Waals surface area contributed by atoms with E-state index in [2.05, 4.69) is 0 Å². The molecular weight excluding hydrogens is 204 g/mol. The van der Waals surface area contributed by atoms with Gasteiger partial charge in [-0.15, -0.1) is 0 Å². The Morgan fingerprint density at radius 1 is 1.38 bits per heavy atom. The van der Waals surface area contributed by atoms with Crippen molar-refractivity contribution in [3.05, 3.63) is 28.3 Å². The molecule has 0 aliphatic carbocycles. The zero-order valence-electron chi connectivity index (χ0n) is 10.1. The third-order valence-corrected chi connectivity index (χ3v) is 3.12. The molecule has 3 heteroatoms. The first-order valence-corrected chi connectivity index (χ1v) is 5.37. The predicted molar refractivity (Wildman–Crippen MR) is 61.3 cm³/mol. The number of ketones is 1. The Balaban J connectivity index is 2.50. The molecule has 1 aliphatic rings. The van der Waals surface area contributed by atoms with Crippen LogP contribution in [0.25, 0.3) is 0 Å². The van der Waals surface area contributed by atoms with E-state index in [1.54, 1.807) is 7.11 Å². The van der Waals surface area contributed by atoms with Crippen LogP contribution >= 0.6 is 0 Å². The zero-order valence-corrected chi connectivity index (χ0v) is 10.1. The topological polar surface area (TPSA) is 38.8 Å². The Labute approximate surface area is 95.4 Å². The van der Waals surface area contributed by atoms with Crippen molar-refractivity contribution in [1.29, 1.82) is 0 Å². The summed E-state index contributed by atoms with van der Waals surface area (Å²) in [7, 11) is 1.65. The molecule has 0 radical (unpaired) electrons. The lowest BCUT2D eigenvalue weighted by atomic mass is 9.95. The van der Waals surface area contributed by atoms with Crippen molar-refractivity contribution in [3.8, 4) is 5.75 Å². The lowest BCUT2D eigenvalue weighted by Crippen LogP contribution is -2.11. The molecule has 2 rings (SSSR count). The van der Waals surface area contributed by atoms with Gasteiger partial charge in [-0.3, -0.25) is 4.79 Å². The number of hydrogen-bond acceptors (Lipinski definition) is 3. The van der Waals surface area contributed by atoms with E-state index >= 15 is 0 Å². The molecule has 0 aromatic heterocycles. The van der Waals surface area contributed by atoms with E-state index in [-0.39, 0.29) is 11.9 Å². The van der Waals surface area contributed by atoms with Crippen LogP contribution in [0.2, 0.25) is 0 Å². The molecule has 0 saturated carbocycles. The fourth-order valence-corrected chi connectivity index (χ4v) is 2.00. The average Bonchev–Trinajstić information content (AvgIpc) is 3.07. The highest BCUT2D eigenvalue weighted by molar-refractivity contribution is 6.02. The van der Waals surface area contributed by atoms with Gasteiger partial charge in [0.1, 0.15) is 11.9 Å². The molecule has 16 heavy (non-hydrogen) atoms. The minimum atomic E-state index is -0.217. The number of Topliss-reactive ketones (excluding diaryl/α,β-unsaturated/α-hetero) is 1. The van der Waals surface area contributed by atoms with E-state index in [1.165, 1.54) is 0 Å². The molecule has 1 fully saturated rings. The van der Waals surface area contributed by atoms with Crippen LogP contribution in [0.5, 0.6) is 5.75 Å². The van der Waals surface area contributed by atoms with Gasteiger partial charge in [-0.25, -0.2) is 0 Å². The fraction of sp³-hybridized carbons (Fsp3) is 0.462. The SMILES string of the molecule is COc1c(C)cc(C(=O)C2CO2)c(C)c1C. The summed E-state index contributed by atoms with van der Waals surface area (Å²) in [5.41, 5.74) is 3.78. The monoisotopic (exact) mass is 220 g/mol. The number of rotatable bonds is 3. The number of carbonyl (C=O) groups excluding carboxylic acids is 1. The Kier molecular flexibility index (Phi) is 2.72. The lowest BCUT2D eigenvalue weighted by Gasteiger charge is -2.14. The number of aryl methyl sites for hydroxylation is 1. The van der Waals surface area contributed by atoms with Crippen molar-refractivity contribution in [2.45, 2.75) is 26.9 Å². The van der Waals surface area contributed by atoms with Crippen LogP contribution in [0.3, 0.4) is 0 Å². The Hall–Kier alpha value is -1.35. The molecule has 3 nitrogen and oxygen atoms in total. The van der Waals surface area contributed by atoms with Crippen LogP contribution in [0, 0.1) is 20.8 Å². The zero-order chi connectivity index (χ0) is 11.9. The summed E-state index contributed by atoms with van der Waals surface area (Å²) < 4.78 is 10.4. The lowest BCUT2D eigenvalue weighted by molar-refractivity contribution is 0.0953. The minimum absolute atomic E-state index is 0.0892. The van der Waals surface area contributed by atoms with Crippen molar-refractivity contribution in [1.82, 2.24) is 0 Å². The maximum atomic E-state index is 12.0. The van der Waals surface area contributed by atoms with Crippen molar-refractivity contribution in [2.75, 3.05) is 13.7 Å². The third-order valence-electron chi connectivity index (χ3n) is 3.12. The van der Waals surface area contributed by atoms with Gasteiger partial charge in [0.25, 0.3) is 0 Å². The number of ether oxygens (including phenoxy) is 2. The second-order valence-corrected chi connectivity index (χ2v) is 4.21. The number of hydrogen-bond donors (Lipinski definition) is 0. The van der Waals surface area contributed by atoms with E-state index in [9.17, 15) is 4.79 Å². The van der Waals surface area contributed by atoms with Crippen LogP contribution in [-0.2, 0) is 4.74 Å². The smallest absolute Gasteiger partial charge is 0.194 e. The van der Waals surface area contributed by atoms with E-state index in [0.717, 1.165) is 28.0 Å². The summed E-state index contributed by atoms with van der Waals surface area (Å²) in [5.74, 6) is 0.956. The average molecular weight is 220 g/mol. The fourth-order valence-electron chi connectivity index (χ4n) is 2.00. The first-order valence-electron chi connectivity index (χ1n) is 5.37. The normalized spacial score (nSPS) is 18.4. The van der Waals surface area contributed by atoms with Gasteiger partial charge in [-0.1, -0.05) is 0 Å². The highest BCUT2D eigenvalue weighted by Gasteiger charge is 2.33. The second kappa shape index (κ2) is 3.91. The van der Waals surface area contributed by atoms with Crippen molar-refractivity contribution < 1.29 is 14.3 Å². The quantitative estimate of drug-likeness (QED) is 0.579. The molecule has 0 amide bonds. The molecule has 1 unspecified atom stereocenters. The summed E-state index contributed by atoms with van der Waals surface area (Å²) in [6, 6.07) is 1.89. The second-order valence-electron chi connectivity index (χ2n) is 4.21. The number of methoxy groups -OCH3 is 1. The van der Waals surface area contributed by atoms with Gasteiger partial charge in [0.05, 0.1) is 13.7 Å². The Bertz CT molecular complexity index is 445. The van der Waals surface area contributed by atoms with Crippen molar-refractivity contribution in [2.24, 2.45) is 0 Å². The van der Waals surface area contributed by atoms with Crippen LogP contribution in [0.4, 0.5) is 0 Å². The molecule has 0 bridgehead atoms. The molecule has 1 atom stereocenters. The molecule has 1 aliphatic heterocycles. The summed E-state index contributed by atoms with van der Waals surface area (Å²) in [6.45, 7) is 6.44. The van der Waals surface area contributed by atoms with E-state index < -0.39 is 0 Å². The highest BCUT2D eigenvalue weighted by atomic mass is 16.6. The van der Waals surface area contributed by atoms with Crippen LogP contribution in [0.15, 0.2) is 6.07 Å². The standard InChI is InChI=1S/C13H16O3/c1-7-5-10(12(14)11-6-16-11)8(2)9(3)13(7)15-4/h5,11H,6H2,1-4H3. The van der Waals surface area contributed by atoms with E-state index in [1.807, 2.05) is 26.8 Å². The van der Waals surface area contributed by atoms with Crippen LogP contribution in [0.1, 0.15) is 27.0 Å². The molecule has 1 heterocycles. The maximum absolute atomic E-state index is 12.0. The van der Waals surface area contributed by atoms with Gasteiger partial charge in [-0.05, 0) is 43.5 Å². The van der Waals surface area contributed by atoms with E-state index in [0.29, 0.717) is 6.61 Å². The molecule has 0 N–H and O–H groups in total. The maximum Gasteiger partial charge on any atom is 0.194 e. The molecule has 86 valence electrons. The Morgan fingerprint density at radius 3 is 2.50 bits per heavy atom. The third kappa shape index (κ3) is 1.71. The van der Waals surface area contributed by atoms with Gasteiger partial charge < -0.3 is 9.47 Å². The molecule has 0 spiro atoms. The van der Waals surface area contributed by atoms with E-state index in [4.69, 9.17) is 9.47 Å². The minimum Gasteiger partial charge on any atom is -0.496 e. The summed E-state index contributed by atoms with van der Waals surface area (Å²) >= 11 is 0. The first kappa shape index (κ1) is 11.1. The predicted octanol–water partition coefficient (Wildman–Crippen LogP) is 2.20. The Morgan fingerprint density at radius 2 is 2.00 bits per heavy atom. The van der Waals surface area contributed by atoms with Crippen LogP contribution < -0.4 is 4.74 Å².